The normalized spacial score (nSPS) is 18.0. The highest BCUT2D eigenvalue weighted by molar-refractivity contribution is 9.10. The zero-order valence-corrected chi connectivity index (χ0v) is 14.6. The molecule has 1 heterocycles. The van der Waals surface area contributed by atoms with Gasteiger partial charge >= 0.3 is 0 Å². The maximum atomic E-state index is 14.0. The molecule has 2 rings (SSSR count). The molecule has 0 radical (unpaired) electrons. The molecule has 0 atom stereocenters. The van der Waals surface area contributed by atoms with E-state index in [9.17, 15) is 17.6 Å². The van der Waals surface area contributed by atoms with Crippen LogP contribution in [0.1, 0.15) is 30.6 Å². The van der Waals surface area contributed by atoms with Crippen molar-refractivity contribution in [1.82, 2.24) is 4.90 Å². The number of hydrogen-bond donors (Lipinski definition) is 0. The van der Waals surface area contributed by atoms with E-state index in [4.69, 9.17) is 10.7 Å². The number of likely N-dealkylation sites (tertiary alicyclic amines) is 1. The Kier molecular flexibility index (Phi) is 4.39. The number of nitrogens with zero attached hydrogens (tertiary/aromatic N) is 1. The molecule has 1 amide bonds. The Morgan fingerprint density at radius 3 is 2.52 bits per heavy atom. The lowest BCUT2D eigenvalue weighted by Gasteiger charge is -2.20. The van der Waals surface area contributed by atoms with Gasteiger partial charge in [-0.3, -0.25) is 4.79 Å². The summed E-state index contributed by atoms with van der Waals surface area (Å²) in [4.78, 5) is 13.6. The maximum Gasteiger partial charge on any atom is 0.262 e. The largest absolute Gasteiger partial charge is 0.338 e. The summed E-state index contributed by atoms with van der Waals surface area (Å²) in [5.74, 6) is -1.30. The topological polar surface area (TPSA) is 54.5 Å². The number of rotatable bonds is 2. The van der Waals surface area contributed by atoms with Gasteiger partial charge in [0, 0.05) is 28.2 Å². The van der Waals surface area contributed by atoms with Gasteiger partial charge in [0.1, 0.15) is 5.82 Å². The summed E-state index contributed by atoms with van der Waals surface area (Å²) in [6.07, 6.45) is 0.817. The van der Waals surface area contributed by atoms with Crippen LogP contribution in [-0.2, 0) is 9.05 Å². The Morgan fingerprint density at radius 2 is 2.05 bits per heavy atom. The third-order valence-corrected chi connectivity index (χ3v) is 5.76. The molecule has 1 aliphatic rings. The smallest absolute Gasteiger partial charge is 0.262 e. The molecule has 1 aromatic rings. The quantitative estimate of drug-likeness (QED) is 0.718. The van der Waals surface area contributed by atoms with Crippen molar-refractivity contribution in [2.75, 3.05) is 13.1 Å². The average Bonchev–Trinajstić information content (AvgIpc) is 2.67. The van der Waals surface area contributed by atoms with Crippen molar-refractivity contribution in [2.45, 2.75) is 25.2 Å². The predicted octanol–water partition coefficient (Wildman–Crippen LogP) is 3.39. The van der Waals surface area contributed by atoms with Gasteiger partial charge in [-0.15, -0.1) is 0 Å². The highest BCUT2D eigenvalue weighted by atomic mass is 79.9. The average molecular weight is 399 g/mol. The summed E-state index contributed by atoms with van der Waals surface area (Å²) in [6, 6.07) is 1.93. The molecular formula is C13H14BrClFNO3S. The van der Waals surface area contributed by atoms with Crippen LogP contribution in [0, 0.1) is 11.2 Å². The van der Waals surface area contributed by atoms with Crippen molar-refractivity contribution < 1.29 is 17.6 Å². The molecule has 116 valence electrons. The summed E-state index contributed by atoms with van der Waals surface area (Å²) in [5, 5.41) is 0. The van der Waals surface area contributed by atoms with Gasteiger partial charge in [0.2, 0.25) is 0 Å². The first kappa shape index (κ1) is 16.7. The molecule has 0 unspecified atom stereocenters. The fourth-order valence-corrected chi connectivity index (χ4v) is 4.50. The second-order valence-corrected chi connectivity index (χ2v) is 9.23. The predicted molar refractivity (Wildman–Crippen MR) is 81.4 cm³/mol. The van der Waals surface area contributed by atoms with Gasteiger partial charge in [0.05, 0.1) is 10.5 Å². The minimum absolute atomic E-state index is 0.00620. The number of benzene rings is 1. The van der Waals surface area contributed by atoms with Crippen LogP contribution in [0.15, 0.2) is 21.5 Å². The minimum Gasteiger partial charge on any atom is -0.338 e. The highest BCUT2D eigenvalue weighted by Crippen LogP contribution is 2.32. The minimum atomic E-state index is -4.06. The molecule has 0 N–H and O–H groups in total. The maximum absolute atomic E-state index is 14.0. The van der Waals surface area contributed by atoms with Crippen LogP contribution in [0.4, 0.5) is 4.39 Å². The van der Waals surface area contributed by atoms with E-state index in [-0.39, 0.29) is 20.3 Å². The summed E-state index contributed by atoms with van der Waals surface area (Å²) in [6.45, 7) is 5.06. The molecule has 1 aromatic carbocycles. The van der Waals surface area contributed by atoms with Crippen molar-refractivity contribution in [3.8, 4) is 0 Å². The zero-order chi connectivity index (χ0) is 16.0. The summed E-state index contributed by atoms with van der Waals surface area (Å²) in [5.41, 5.74) is -0.307. The van der Waals surface area contributed by atoms with Gasteiger partial charge in [0.15, 0.2) is 0 Å². The second kappa shape index (κ2) is 5.52. The van der Waals surface area contributed by atoms with E-state index < -0.39 is 20.8 Å². The molecule has 0 spiro atoms. The second-order valence-electron chi connectivity index (χ2n) is 5.84. The summed E-state index contributed by atoms with van der Waals surface area (Å²) in [7, 11) is 1.23. The first-order valence-electron chi connectivity index (χ1n) is 6.24. The van der Waals surface area contributed by atoms with Crippen LogP contribution in [0.5, 0.6) is 0 Å². The molecule has 0 aliphatic carbocycles. The monoisotopic (exact) mass is 397 g/mol. The number of amides is 1. The van der Waals surface area contributed by atoms with E-state index in [1.54, 1.807) is 0 Å². The first-order valence-corrected chi connectivity index (χ1v) is 9.34. The van der Waals surface area contributed by atoms with E-state index in [0.29, 0.717) is 13.1 Å². The lowest BCUT2D eigenvalue weighted by atomic mass is 9.93. The van der Waals surface area contributed by atoms with Crippen molar-refractivity contribution >= 4 is 41.6 Å². The SMILES string of the molecule is CC1(C)CCN(C(=O)c2cc(S(=O)(=O)Cl)c(Br)cc2F)C1. The third-order valence-electron chi connectivity index (χ3n) is 3.48. The van der Waals surface area contributed by atoms with Gasteiger partial charge in [-0.25, -0.2) is 12.8 Å². The van der Waals surface area contributed by atoms with E-state index in [1.807, 2.05) is 13.8 Å². The van der Waals surface area contributed by atoms with Gasteiger partial charge in [-0.2, -0.15) is 0 Å². The van der Waals surface area contributed by atoms with Crippen molar-refractivity contribution in [1.29, 1.82) is 0 Å². The third kappa shape index (κ3) is 3.57. The number of halogens is 3. The van der Waals surface area contributed by atoms with Gasteiger partial charge in [0.25, 0.3) is 15.0 Å². The van der Waals surface area contributed by atoms with E-state index >= 15 is 0 Å². The zero-order valence-electron chi connectivity index (χ0n) is 11.5. The molecule has 8 heteroatoms. The number of carbonyl (C=O) groups excluding carboxylic acids is 1. The van der Waals surface area contributed by atoms with E-state index in [2.05, 4.69) is 15.9 Å². The first-order chi connectivity index (χ1) is 9.51. The van der Waals surface area contributed by atoms with Gasteiger partial charge < -0.3 is 4.90 Å². The van der Waals surface area contributed by atoms with Crippen molar-refractivity contribution in [3.63, 3.8) is 0 Å². The van der Waals surface area contributed by atoms with E-state index in [0.717, 1.165) is 18.6 Å². The van der Waals surface area contributed by atoms with Crippen LogP contribution in [-0.4, -0.2) is 32.3 Å². The van der Waals surface area contributed by atoms with Gasteiger partial charge in [-0.05, 0) is 39.9 Å². The highest BCUT2D eigenvalue weighted by Gasteiger charge is 2.34. The number of hydrogen-bond acceptors (Lipinski definition) is 3. The van der Waals surface area contributed by atoms with Crippen LogP contribution in [0.3, 0.4) is 0 Å². The fraction of sp³-hybridized carbons (Fsp3) is 0.462. The molecule has 0 bridgehead atoms. The molecule has 0 aromatic heterocycles. The van der Waals surface area contributed by atoms with E-state index in [1.165, 1.54) is 4.90 Å². The van der Waals surface area contributed by atoms with Gasteiger partial charge in [-0.1, -0.05) is 13.8 Å². The lowest BCUT2D eigenvalue weighted by molar-refractivity contribution is 0.0773. The number of carbonyl (C=O) groups is 1. The Labute approximate surface area is 135 Å². The van der Waals surface area contributed by atoms with Crippen molar-refractivity contribution in [2.24, 2.45) is 5.41 Å². The summed E-state index contributed by atoms with van der Waals surface area (Å²) < 4.78 is 36.9. The molecule has 1 aliphatic heterocycles. The van der Waals surface area contributed by atoms with Crippen LogP contribution in [0.25, 0.3) is 0 Å². The fourth-order valence-electron chi connectivity index (χ4n) is 2.34. The van der Waals surface area contributed by atoms with Crippen LogP contribution >= 0.6 is 26.6 Å². The Hall–Kier alpha value is -0.660. The standard InChI is InChI=1S/C13H14BrClFNO3S/c1-13(2)3-4-17(7-13)12(18)8-5-11(21(15,19)20)9(14)6-10(8)16/h5-6H,3-4,7H2,1-2H3. The van der Waals surface area contributed by atoms with Crippen LogP contribution in [0.2, 0.25) is 0 Å². The molecule has 4 nitrogen and oxygen atoms in total. The lowest BCUT2D eigenvalue weighted by Crippen LogP contribution is -2.31. The Morgan fingerprint density at radius 1 is 1.43 bits per heavy atom. The molecule has 1 saturated heterocycles. The molecule has 21 heavy (non-hydrogen) atoms. The summed E-state index contributed by atoms with van der Waals surface area (Å²) >= 11 is 2.94. The molecule has 1 fully saturated rings. The Bertz CT molecular complexity index is 706. The Balaban J connectivity index is 2.43. The van der Waals surface area contributed by atoms with Crippen LogP contribution < -0.4 is 0 Å². The molecule has 0 saturated carbocycles. The molecular weight excluding hydrogens is 385 g/mol. The van der Waals surface area contributed by atoms with Crippen molar-refractivity contribution in [3.05, 3.63) is 28.0 Å².